The molecule has 244 valence electrons. The molecule has 0 saturated heterocycles. The Morgan fingerprint density at radius 3 is 1.93 bits per heavy atom. The van der Waals surface area contributed by atoms with Crippen LogP contribution in [-0.4, -0.2) is 44.2 Å². The van der Waals surface area contributed by atoms with Crippen LogP contribution in [0.4, 0.5) is 0 Å². The maximum Gasteiger partial charge on any atom is 0.161 e. The number of aliphatic hydroxyl groups is 3. The fraction of sp³-hybridized carbons (Fsp3) is 0.475. The standard InChI is InChI=1S/C40H54O5/c1-28(17-13-18-30(3)21-22-36-37(6,7)24-34(42)26-39(36,10)44)15-11-12-16-29(2)19-14-20-31(4)35(43)27-40(45)32(5)23-33(41)25-38(40,8)9/h11-21,23,34,42,44-45H,24-27H2,1-10H3. The molecule has 3 atom stereocenters. The van der Waals surface area contributed by atoms with Crippen molar-refractivity contribution in [3.8, 4) is 0 Å². The predicted octanol–water partition coefficient (Wildman–Crippen LogP) is 8.09. The number of allylic oxidation sites excluding steroid dienone is 15. The highest BCUT2D eigenvalue weighted by atomic mass is 16.3. The Labute approximate surface area is 271 Å². The first-order chi connectivity index (χ1) is 20.7. The summed E-state index contributed by atoms with van der Waals surface area (Å²) in [6, 6.07) is 0. The molecule has 0 spiro atoms. The normalized spacial score (nSPS) is 28.2. The number of ketones is 2. The number of carbonyl (C=O) groups excluding carboxylic acids is 2. The zero-order valence-electron chi connectivity index (χ0n) is 29.0. The molecule has 0 amide bonds. The second kappa shape index (κ2) is 15.3. The molecule has 5 heteroatoms. The third-order valence-electron chi connectivity index (χ3n) is 8.91. The summed E-state index contributed by atoms with van der Waals surface area (Å²) in [4.78, 5) is 24.9. The lowest BCUT2D eigenvalue weighted by molar-refractivity contribution is -0.132. The fourth-order valence-electron chi connectivity index (χ4n) is 6.23. The van der Waals surface area contributed by atoms with Crippen LogP contribution in [0.1, 0.15) is 94.9 Å². The van der Waals surface area contributed by atoms with E-state index in [1.54, 1.807) is 26.8 Å². The minimum atomic E-state index is -1.34. The molecule has 2 aliphatic rings. The van der Waals surface area contributed by atoms with Gasteiger partial charge in [0.15, 0.2) is 11.6 Å². The number of aliphatic hydroxyl groups excluding tert-OH is 1. The molecule has 0 bridgehead atoms. The summed E-state index contributed by atoms with van der Waals surface area (Å²) in [6.07, 6.45) is 23.4. The van der Waals surface area contributed by atoms with Crippen molar-refractivity contribution in [3.05, 3.63) is 112 Å². The van der Waals surface area contributed by atoms with Gasteiger partial charge in [-0.2, -0.15) is 0 Å². The van der Waals surface area contributed by atoms with Gasteiger partial charge in [0, 0.05) is 30.3 Å². The molecule has 0 aliphatic heterocycles. The van der Waals surface area contributed by atoms with Crippen LogP contribution in [0, 0.1) is 10.8 Å². The molecule has 0 aromatic rings. The molecular weight excluding hydrogens is 560 g/mol. The summed E-state index contributed by atoms with van der Waals surface area (Å²) >= 11 is 0. The van der Waals surface area contributed by atoms with Crippen molar-refractivity contribution in [3.63, 3.8) is 0 Å². The number of carbonyl (C=O) groups is 2. The van der Waals surface area contributed by atoms with Crippen molar-refractivity contribution in [2.24, 2.45) is 10.8 Å². The molecule has 3 N–H and O–H groups in total. The molecule has 1 fully saturated rings. The lowest BCUT2D eigenvalue weighted by atomic mass is 9.62. The molecule has 3 unspecified atom stereocenters. The van der Waals surface area contributed by atoms with E-state index in [4.69, 9.17) is 0 Å². The van der Waals surface area contributed by atoms with Crippen LogP contribution < -0.4 is 0 Å². The second-order valence-electron chi connectivity index (χ2n) is 14.4. The minimum absolute atomic E-state index is 0.0212. The van der Waals surface area contributed by atoms with E-state index in [2.05, 4.69) is 5.73 Å². The van der Waals surface area contributed by atoms with E-state index < -0.39 is 22.7 Å². The Hall–Kier alpha value is -3.34. The van der Waals surface area contributed by atoms with Crippen LogP contribution in [0.3, 0.4) is 0 Å². The molecule has 45 heavy (non-hydrogen) atoms. The Morgan fingerprint density at radius 2 is 1.40 bits per heavy atom. The van der Waals surface area contributed by atoms with Crippen LogP contribution >= 0.6 is 0 Å². The predicted molar refractivity (Wildman–Crippen MR) is 185 cm³/mol. The van der Waals surface area contributed by atoms with Gasteiger partial charge in [-0.1, -0.05) is 99.6 Å². The summed E-state index contributed by atoms with van der Waals surface area (Å²) in [5.74, 6) is -0.167. The van der Waals surface area contributed by atoms with Crippen LogP contribution in [-0.2, 0) is 9.59 Å². The summed E-state index contributed by atoms with van der Waals surface area (Å²) in [5.41, 5.74) is 4.88. The van der Waals surface area contributed by atoms with Crippen molar-refractivity contribution in [1.82, 2.24) is 0 Å². The van der Waals surface area contributed by atoms with Gasteiger partial charge in [-0.3, -0.25) is 9.59 Å². The van der Waals surface area contributed by atoms with Gasteiger partial charge in [0.25, 0.3) is 0 Å². The Balaban J connectivity index is 1.98. The first-order valence-electron chi connectivity index (χ1n) is 15.8. The highest BCUT2D eigenvalue weighted by Crippen LogP contribution is 2.46. The molecule has 2 rings (SSSR count). The van der Waals surface area contributed by atoms with E-state index in [9.17, 15) is 24.9 Å². The molecule has 1 saturated carbocycles. The maximum atomic E-state index is 12.9. The fourth-order valence-corrected chi connectivity index (χ4v) is 6.23. The van der Waals surface area contributed by atoms with E-state index in [-0.39, 0.29) is 29.8 Å². The molecule has 0 radical (unpaired) electrons. The quantitative estimate of drug-likeness (QED) is 0.131. The molecular formula is C40H54O5. The van der Waals surface area contributed by atoms with E-state index in [0.29, 0.717) is 24.0 Å². The van der Waals surface area contributed by atoms with Gasteiger partial charge in [0.1, 0.15) is 0 Å². The van der Waals surface area contributed by atoms with Gasteiger partial charge in [-0.05, 0) is 82.2 Å². The molecule has 0 aromatic carbocycles. The number of hydrogen-bond donors (Lipinski definition) is 3. The molecule has 0 aromatic heterocycles. The number of hydrogen-bond acceptors (Lipinski definition) is 5. The van der Waals surface area contributed by atoms with E-state index in [0.717, 1.165) is 22.3 Å². The number of rotatable bonds is 10. The largest absolute Gasteiger partial charge is 0.393 e. The van der Waals surface area contributed by atoms with Crippen LogP contribution in [0.15, 0.2) is 112 Å². The smallest absolute Gasteiger partial charge is 0.161 e. The zero-order chi connectivity index (χ0) is 34.2. The Kier molecular flexibility index (Phi) is 12.9. The van der Waals surface area contributed by atoms with E-state index >= 15 is 0 Å². The Morgan fingerprint density at radius 1 is 0.867 bits per heavy atom. The van der Waals surface area contributed by atoms with Crippen LogP contribution in [0.5, 0.6) is 0 Å². The van der Waals surface area contributed by atoms with Gasteiger partial charge < -0.3 is 15.3 Å². The first-order valence-corrected chi connectivity index (χ1v) is 15.8. The second-order valence-corrected chi connectivity index (χ2v) is 14.4. The van der Waals surface area contributed by atoms with Gasteiger partial charge in [-0.25, -0.2) is 0 Å². The SMILES string of the molecule is CC(C=C=C1C(C)(C)CC(O)CC1(C)O)=CC=CC(C)=CC=CC=C(C)C=CC=C(C)C(=O)CC1(O)C(C)=CC(=O)CC1(C)C. The van der Waals surface area contributed by atoms with E-state index in [1.807, 2.05) is 109 Å². The van der Waals surface area contributed by atoms with Crippen molar-refractivity contribution >= 4 is 11.6 Å². The average molecular weight is 615 g/mol. The summed E-state index contributed by atoms with van der Waals surface area (Å²) < 4.78 is 0. The molecule has 0 heterocycles. The molecule has 2 aliphatic carbocycles. The Bertz CT molecular complexity index is 1440. The van der Waals surface area contributed by atoms with Crippen molar-refractivity contribution in [2.45, 2.75) is 112 Å². The highest BCUT2D eigenvalue weighted by molar-refractivity contribution is 5.97. The lowest BCUT2D eigenvalue weighted by Gasteiger charge is -2.45. The minimum Gasteiger partial charge on any atom is -0.393 e. The van der Waals surface area contributed by atoms with Crippen molar-refractivity contribution in [2.75, 3.05) is 0 Å². The van der Waals surface area contributed by atoms with Gasteiger partial charge in [-0.15, -0.1) is 5.73 Å². The van der Waals surface area contributed by atoms with Crippen LogP contribution in [0.2, 0.25) is 0 Å². The third kappa shape index (κ3) is 10.6. The summed E-state index contributed by atoms with van der Waals surface area (Å²) in [5, 5.41) is 32.3. The lowest BCUT2D eigenvalue weighted by Crippen LogP contribution is -2.50. The van der Waals surface area contributed by atoms with Crippen LogP contribution in [0.25, 0.3) is 0 Å². The maximum absolute atomic E-state index is 12.9. The topological polar surface area (TPSA) is 94.8 Å². The van der Waals surface area contributed by atoms with Gasteiger partial charge >= 0.3 is 0 Å². The summed E-state index contributed by atoms with van der Waals surface area (Å²) in [7, 11) is 0. The van der Waals surface area contributed by atoms with E-state index in [1.165, 1.54) is 6.08 Å². The summed E-state index contributed by atoms with van der Waals surface area (Å²) in [6.45, 7) is 18.9. The number of Topliss-reactive ketones (excluding diaryl/α,β-unsaturated/α-hetero) is 1. The average Bonchev–Trinajstić information content (AvgIpc) is 2.88. The zero-order valence-corrected chi connectivity index (χ0v) is 29.0. The first kappa shape index (κ1) is 37.8. The molecule has 5 nitrogen and oxygen atoms in total. The van der Waals surface area contributed by atoms with Crippen molar-refractivity contribution < 1.29 is 24.9 Å². The monoisotopic (exact) mass is 614 g/mol. The van der Waals surface area contributed by atoms with Gasteiger partial charge in [0.05, 0.1) is 17.3 Å². The third-order valence-corrected chi connectivity index (χ3v) is 8.91. The van der Waals surface area contributed by atoms with Crippen molar-refractivity contribution in [1.29, 1.82) is 0 Å². The van der Waals surface area contributed by atoms with Gasteiger partial charge in [0.2, 0.25) is 0 Å². The highest BCUT2D eigenvalue weighted by Gasteiger charge is 2.49.